The van der Waals surface area contributed by atoms with E-state index in [-0.39, 0.29) is 24.2 Å². The Labute approximate surface area is 173 Å². The van der Waals surface area contributed by atoms with Crippen molar-refractivity contribution in [3.63, 3.8) is 0 Å². The molecule has 3 atom stereocenters. The van der Waals surface area contributed by atoms with Crippen LogP contribution in [0.1, 0.15) is 55.5 Å². The minimum absolute atomic E-state index is 0.0710. The van der Waals surface area contributed by atoms with Crippen molar-refractivity contribution in [2.45, 2.75) is 51.2 Å². The van der Waals surface area contributed by atoms with Crippen LogP contribution in [0, 0.1) is 23.4 Å². The van der Waals surface area contributed by atoms with Gasteiger partial charge in [-0.15, -0.1) is 0 Å². The van der Waals surface area contributed by atoms with Crippen molar-refractivity contribution in [1.29, 1.82) is 0 Å². The maximum Gasteiger partial charge on any atom is 0.407 e. The van der Waals surface area contributed by atoms with Gasteiger partial charge in [0.25, 0.3) is 0 Å². The third-order valence-electron chi connectivity index (χ3n) is 5.13. The number of alkyl carbamates (subject to hydrolysis) is 1. The van der Waals surface area contributed by atoms with Crippen LogP contribution >= 0.6 is 0 Å². The zero-order chi connectivity index (χ0) is 22.1. The van der Waals surface area contributed by atoms with Crippen LogP contribution in [0.3, 0.4) is 0 Å². The van der Waals surface area contributed by atoms with Crippen LogP contribution in [0.5, 0.6) is 0 Å². The Bertz CT molecular complexity index is 941. The van der Waals surface area contributed by atoms with Gasteiger partial charge in [0.15, 0.2) is 17.4 Å². The van der Waals surface area contributed by atoms with Crippen molar-refractivity contribution in [2.75, 3.05) is 0 Å². The number of carbonyl (C=O) groups is 2. The largest absolute Gasteiger partial charge is 0.444 e. The van der Waals surface area contributed by atoms with Crippen LogP contribution < -0.4 is 5.32 Å². The summed E-state index contributed by atoms with van der Waals surface area (Å²) in [5.41, 5.74) is -0.312. The van der Waals surface area contributed by atoms with Crippen molar-refractivity contribution in [1.82, 2.24) is 5.32 Å². The fraction of sp³-hybridized carbons (Fsp3) is 0.391. The van der Waals surface area contributed by atoms with E-state index in [1.54, 1.807) is 51.1 Å². The Hall–Kier alpha value is -2.83. The Morgan fingerprint density at radius 3 is 2.23 bits per heavy atom. The lowest BCUT2D eigenvalue weighted by atomic mass is 9.91. The minimum Gasteiger partial charge on any atom is -0.444 e. The molecule has 30 heavy (non-hydrogen) atoms. The van der Waals surface area contributed by atoms with Crippen LogP contribution in [0.25, 0.3) is 0 Å². The second kappa shape index (κ2) is 8.50. The maximum atomic E-state index is 14.5. The topological polar surface area (TPSA) is 55.4 Å². The summed E-state index contributed by atoms with van der Waals surface area (Å²) in [5, 5.41) is 2.69. The number of carbonyl (C=O) groups excluding carboxylic acids is 2. The van der Waals surface area contributed by atoms with E-state index in [0.29, 0.717) is 11.6 Å². The summed E-state index contributed by atoms with van der Waals surface area (Å²) in [5.74, 6) is -4.74. The number of rotatable bonds is 4. The number of ketones is 1. The predicted octanol–water partition coefficient (Wildman–Crippen LogP) is 5.37. The number of hydrogen-bond donors (Lipinski definition) is 1. The third-order valence-corrected chi connectivity index (χ3v) is 5.13. The molecule has 1 aliphatic rings. The molecule has 7 heteroatoms. The van der Waals surface area contributed by atoms with E-state index in [9.17, 15) is 22.8 Å². The van der Waals surface area contributed by atoms with Gasteiger partial charge < -0.3 is 10.1 Å². The van der Waals surface area contributed by atoms with Gasteiger partial charge in [-0.2, -0.15) is 0 Å². The van der Waals surface area contributed by atoms with Gasteiger partial charge in [-0.3, -0.25) is 4.79 Å². The lowest BCUT2D eigenvalue weighted by Crippen LogP contribution is -2.40. The molecule has 2 aromatic rings. The fourth-order valence-corrected chi connectivity index (χ4v) is 3.87. The minimum atomic E-state index is -1.29. The molecule has 0 unspecified atom stereocenters. The Morgan fingerprint density at radius 1 is 0.967 bits per heavy atom. The Balaban J connectivity index is 1.89. The lowest BCUT2D eigenvalue weighted by Gasteiger charge is -2.25. The van der Waals surface area contributed by atoms with Crippen LogP contribution in [-0.2, 0) is 4.74 Å². The zero-order valence-corrected chi connectivity index (χ0v) is 17.0. The van der Waals surface area contributed by atoms with Crippen molar-refractivity contribution >= 4 is 11.9 Å². The molecule has 0 aliphatic heterocycles. The average molecular weight is 419 g/mol. The average Bonchev–Trinajstić information content (AvgIpc) is 3.06. The first-order valence-electron chi connectivity index (χ1n) is 9.78. The fourth-order valence-electron chi connectivity index (χ4n) is 3.87. The van der Waals surface area contributed by atoms with Crippen molar-refractivity contribution in [3.8, 4) is 0 Å². The number of ether oxygens (including phenoxy) is 1. The second-order valence-corrected chi connectivity index (χ2v) is 8.55. The Morgan fingerprint density at radius 2 is 1.60 bits per heavy atom. The summed E-state index contributed by atoms with van der Waals surface area (Å²) in [6, 6.07) is 9.26. The van der Waals surface area contributed by atoms with E-state index in [0.717, 1.165) is 6.07 Å². The van der Waals surface area contributed by atoms with Gasteiger partial charge in [0.1, 0.15) is 11.4 Å². The van der Waals surface area contributed by atoms with Gasteiger partial charge in [0.2, 0.25) is 0 Å². The number of hydrogen-bond acceptors (Lipinski definition) is 3. The van der Waals surface area contributed by atoms with E-state index >= 15 is 0 Å². The van der Waals surface area contributed by atoms with Gasteiger partial charge in [0, 0.05) is 29.5 Å². The highest BCUT2D eigenvalue weighted by atomic mass is 19.2. The molecule has 0 bridgehead atoms. The quantitative estimate of drug-likeness (QED) is 0.535. The van der Waals surface area contributed by atoms with Crippen molar-refractivity contribution in [3.05, 3.63) is 71.0 Å². The second-order valence-electron chi connectivity index (χ2n) is 8.55. The number of amides is 1. The summed E-state index contributed by atoms with van der Waals surface area (Å²) >= 11 is 0. The first-order valence-corrected chi connectivity index (χ1v) is 9.78. The molecule has 1 fully saturated rings. The number of halogens is 3. The molecule has 0 aromatic heterocycles. The van der Waals surface area contributed by atoms with E-state index in [2.05, 4.69) is 5.32 Å². The number of benzene rings is 2. The number of Topliss-reactive ketones (excluding diaryl/α,β-unsaturated/α-hetero) is 1. The molecule has 2 aromatic carbocycles. The molecule has 1 amide bonds. The predicted molar refractivity (Wildman–Crippen MR) is 106 cm³/mol. The zero-order valence-electron chi connectivity index (χ0n) is 17.0. The molecule has 160 valence electrons. The van der Waals surface area contributed by atoms with Gasteiger partial charge in [-0.05, 0) is 45.2 Å². The summed E-state index contributed by atoms with van der Waals surface area (Å²) in [6.07, 6.45) is -0.292. The summed E-state index contributed by atoms with van der Waals surface area (Å²) in [6.45, 7) is 5.11. The highest BCUT2D eigenvalue weighted by Crippen LogP contribution is 2.41. The van der Waals surface area contributed by atoms with Gasteiger partial charge >= 0.3 is 6.09 Å². The lowest BCUT2D eigenvalue weighted by molar-refractivity contribution is 0.0498. The standard InChI is InChI=1S/C23H24F3NO3/c1-23(2,3)30-22(29)27-20-10-14(21(28)13-7-5-4-6-8-13)9-16(20)15-11-18(25)19(26)12-17(15)24/h4-8,11-12,14,16,20H,9-10H2,1-3H3,(H,27,29)/t14-,16+,20-/m1/s1. The monoisotopic (exact) mass is 419 g/mol. The van der Waals surface area contributed by atoms with Crippen molar-refractivity contribution < 1.29 is 27.5 Å². The summed E-state index contributed by atoms with van der Waals surface area (Å²) < 4.78 is 47.0. The maximum absolute atomic E-state index is 14.5. The van der Waals surface area contributed by atoms with E-state index in [1.807, 2.05) is 0 Å². The van der Waals surface area contributed by atoms with E-state index < -0.39 is 47.0 Å². The molecule has 1 N–H and O–H groups in total. The van der Waals surface area contributed by atoms with Gasteiger partial charge in [0.05, 0.1) is 0 Å². The Kier molecular flexibility index (Phi) is 6.19. The highest BCUT2D eigenvalue weighted by Gasteiger charge is 2.41. The molecular formula is C23H24F3NO3. The smallest absolute Gasteiger partial charge is 0.407 e. The van der Waals surface area contributed by atoms with Gasteiger partial charge in [-0.25, -0.2) is 18.0 Å². The molecule has 3 rings (SSSR count). The molecule has 0 radical (unpaired) electrons. The highest BCUT2D eigenvalue weighted by molar-refractivity contribution is 5.98. The number of nitrogens with one attached hydrogen (secondary N) is 1. The first kappa shape index (κ1) is 21.9. The normalized spacial score (nSPS) is 21.3. The molecular weight excluding hydrogens is 395 g/mol. The van der Waals surface area contributed by atoms with E-state index in [1.165, 1.54) is 0 Å². The summed E-state index contributed by atoms with van der Waals surface area (Å²) in [4.78, 5) is 25.2. The van der Waals surface area contributed by atoms with E-state index in [4.69, 9.17) is 4.74 Å². The molecule has 0 heterocycles. The molecule has 1 aliphatic carbocycles. The van der Waals surface area contributed by atoms with Gasteiger partial charge in [-0.1, -0.05) is 30.3 Å². The molecule has 1 saturated carbocycles. The summed E-state index contributed by atoms with van der Waals surface area (Å²) in [7, 11) is 0. The molecule has 4 nitrogen and oxygen atoms in total. The van der Waals surface area contributed by atoms with Crippen LogP contribution in [0.4, 0.5) is 18.0 Å². The third kappa shape index (κ3) is 5.01. The first-order chi connectivity index (χ1) is 14.0. The molecule has 0 saturated heterocycles. The van der Waals surface area contributed by atoms with Crippen LogP contribution in [-0.4, -0.2) is 23.5 Å². The van der Waals surface area contributed by atoms with Crippen LogP contribution in [0.2, 0.25) is 0 Å². The van der Waals surface area contributed by atoms with Crippen LogP contribution in [0.15, 0.2) is 42.5 Å². The SMILES string of the molecule is CC(C)(C)OC(=O)N[C@@H]1C[C@H](C(=O)c2ccccc2)C[C@H]1c1cc(F)c(F)cc1F. The molecule has 0 spiro atoms. The van der Waals surface area contributed by atoms with Crippen molar-refractivity contribution in [2.24, 2.45) is 5.92 Å².